The average Bonchev–Trinajstić information content (AvgIpc) is 3.10. The summed E-state index contributed by atoms with van der Waals surface area (Å²) in [6.07, 6.45) is 0.555. The number of amides is 1. The van der Waals surface area contributed by atoms with Gasteiger partial charge >= 0.3 is 0 Å². The molecule has 1 N–H and O–H groups in total. The molecule has 4 aromatic rings. The highest BCUT2D eigenvalue weighted by molar-refractivity contribution is 6.32. The molecule has 1 aromatic heterocycles. The first-order valence-corrected chi connectivity index (χ1v) is 9.63. The van der Waals surface area contributed by atoms with Crippen LogP contribution in [-0.4, -0.2) is 17.5 Å². The third kappa shape index (κ3) is 4.88. The van der Waals surface area contributed by atoms with Crippen molar-refractivity contribution in [3.63, 3.8) is 0 Å². The first kappa shape index (κ1) is 19.3. The number of ether oxygens (including phenoxy) is 1. The maximum Gasteiger partial charge on any atom is 0.262 e. The fraction of sp³-hybridized carbons (Fsp3) is 0.0909. The van der Waals surface area contributed by atoms with Crippen LogP contribution in [-0.2, 0) is 11.2 Å². The molecule has 0 fully saturated rings. The number of anilines is 1. The minimum absolute atomic E-state index is 0.150. The van der Waals surface area contributed by atoms with Crippen molar-refractivity contribution < 1.29 is 13.9 Å². The second-order valence-electron chi connectivity index (χ2n) is 6.36. The van der Waals surface area contributed by atoms with E-state index in [1.54, 1.807) is 42.5 Å². The molecule has 0 bridgehead atoms. The number of carbonyl (C=O) groups excluding carboxylic acids is 1. The molecule has 5 nitrogen and oxygen atoms in total. The van der Waals surface area contributed by atoms with Crippen LogP contribution in [0.15, 0.2) is 71.1 Å². The van der Waals surface area contributed by atoms with Gasteiger partial charge in [0.2, 0.25) is 0 Å². The van der Waals surface area contributed by atoms with E-state index in [-0.39, 0.29) is 12.5 Å². The Hall–Kier alpha value is -3.02. The van der Waals surface area contributed by atoms with Gasteiger partial charge in [-0.1, -0.05) is 47.5 Å². The predicted octanol–water partition coefficient (Wildman–Crippen LogP) is 5.74. The first-order valence-electron chi connectivity index (χ1n) is 8.88. The van der Waals surface area contributed by atoms with E-state index in [4.69, 9.17) is 32.4 Å². The van der Waals surface area contributed by atoms with Crippen LogP contribution in [0.1, 0.15) is 11.5 Å². The van der Waals surface area contributed by atoms with Crippen LogP contribution in [0.2, 0.25) is 10.0 Å². The third-order valence-corrected chi connectivity index (χ3v) is 4.74. The Bertz CT molecular complexity index is 1160. The van der Waals surface area contributed by atoms with Crippen molar-refractivity contribution >= 4 is 45.9 Å². The fourth-order valence-corrected chi connectivity index (χ4v) is 3.12. The number of hydrogen-bond donors (Lipinski definition) is 1. The molecule has 0 aliphatic carbocycles. The Morgan fingerprint density at radius 3 is 2.62 bits per heavy atom. The maximum atomic E-state index is 12.2. The van der Waals surface area contributed by atoms with E-state index in [9.17, 15) is 4.79 Å². The predicted molar refractivity (Wildman–Crippen MR) is 114 cm³/mol. The number of rotatable bonds is 6. The lowest BCUT2D eigenvalue weighted by Crippen LogP contribution is -2.20. The summed E-state index contributed by atoms with van der Waals surface area (Å²) >= 11 is 11.9. The summed E-state index contributed by atoms with van der Waals surface area (Å²) in [6.45, 7) is -0.150. The Balaban J connectivity index is 1.41. The van der Waals surface area contributed by atoms with Gasteiger partial charge in [0.15, 0.2) is 18.1 Å². The lowest BCUT2D eigenvalue weighted by Gasteiger charge is -2.08. The van der Waals surface area contributed by atoms with Crippen LogP contribution in [0, 0.1) is 0 Å². The molecule has 3 aromatic carbocycles. The van der Waals surface area contributed by atoms with E-state index < -0.39 is 0 Å². The van der Waals surface area contributed by atoms with Crippen molar-refractivity contribution in [1.82, 2.24) is 4.98 Å². The quantitative estimate of drug-likeness (QED) is 0.426. The lowest BCUT2D eigenvalue weighted by molar-refractivity contribution is -0.118. The summed E-state index contributed by atoms with van der Waals surface area (Å²) in [5.41, 5.74) is 2.97. The van der Waals surface area contributed by atoms with Crippen LogP contribution < -0.4 is 10.1 Å². The molecule has 7 heteroatoms. The van der Waals surface area contributed by atoms with Gasteiger partial charge in [-0.2, -0.15) is 0 Å². The zero-order chi connectivity index (χ0) is 20.2. The smallest absolute Gasteiger partial charge is 0.262 e. The number of fused-ring (bicyclic) bond motifs is 1. The van der Waals surface area contributed by atoms with E-state index in [0.717, 1.165) is 5.56 Å². The van der Waals surface area contributed by atoms with Crippen molar-refractivity contribution in [2.75, 3.05) is 11.9 Å². The van der Waals surface area contributed by atoms with Crippen LogP contribution >= 0.6 is 23.2 Å². The molecule has 29 heavy (non-hydrogen) atoms. The van der Waals surface area contributed by atoms with Crippen LogP contribution in [0.5, 0.6) is 5.75 Å². The SMILES string of the molecule is O=C(COc1ccccc1Cl)Nc1ccc2oc(Cc3ccc(Cl)cc3)nc2c1. The molecular weight excluding hydrogens is 411 g/mol. The summed E-state index contributed by atoms with van der Waals surface area (Å²) in [6, 6.07) is 19.8. The van der Waals surface area contributed by atoms with Gasteiger partial charge in [0.05, 0.1) is 5.02 Å². The highest BCUT2D eigenvalue weighted by atomic mass is 35.5. The van der Waals surface area contributed by atoms with Gasteiger partial charge in [0.1, 0.15) is 11.3 Å². The molecule has 0 aliphatic rings. The molecule has 4 rings (SSSR count). The van der Waals surface area contributed by atoms with Gasteiger partial charge in [0, 0.05) is 17.1 Å². The summed E-state index contributed by atoms with van der Waals surface area (Å²) < 4.78 is 11.2. The molecule has 0 radical (unpaired) electrons. The van der Waals surface area contributed by atoms with E-state index >= 15 is 0 Å². The third-order valence-electron chi connectivity index (χ3n) is 4.18. The minimum atomic E-state index is -0.297. The Kier molecular flexibility index (Phi) is 5.69. The highest BCUT2D eigenvalue weighted by Gasteiger charge is 2.10. The molecule has 0 saturated heterocycles. The molecular formula is C22H16Cl2N2O3. The summed E-state index contributed by atoms with van der Waals surface area (Å²) in [5.74, 6) is 0.755. The van der Waals surface area contributed by atoms with Gasteiger partial charge < -0.3 is 14.5 Å². The largest absolute Gasteiger partial charge is 0.482 e. The molecule has 1 heterocycles. The van der Waals surface area contributed by atoms with Gasteiger partial charge in [-0.05, 0) is 48.0 Å². The topological polar surface area (TPSA) is 64.4 Å². The molecule has 146 valence electrons. The van der Waals surface area contributed by atoms with E-state index in [2.05, 4.69) is 10.3 Å². The standard InChI is InChI=1S/C22H16Cl2N2O3/c23-15-7-5-14(6-8-15)11-22-26-18-12-16(9-10-20(18)29-22)25-21(27)13-28-19-4-2-1-3-17(19)24/h1-10,12H,11,13H2,(H,25,27). The van der Waals surface area contributed by atoms with Crippen LogP contribution in [0.4, 0.5) is 5.69 Å². The molecule has 0 aliphatic heterocycles. The normalized spacial score (nSPS) is 10.8. The number of carbonyl (C=O) groups is 1. The summed E-state index contributed by atoms with van der Waals surface area (Å²) in [4.78, 5) is 16.7. The number of aromatic nitrogens is 1. The number of hydrogen-bond acceptors (Lipinski definition) is 4. The van der Waals surface area contributed by atoms with E-state index in [1.807, 2.05) is 24.3 Å². The number of halogens is 2. The summed E-state index contributed by atoms with van der Waals surface area (Å²) in [7, 11) is 0. The monoisotopic (exact) mass is 426 g/mol. The second-order valence-corrected chi connectivity index (χ2v) is 7.20. The minimum Gasteiger partial charge on any atom is -0.482 e. The van der Waals surface area contributed by atoms with Crippen molar-refractivity contribution in [3.8, 4) is 5.75 Å². The number of nitrogens with one attached hydrogen (secondary N) is 1. The van der Waals surface area contributed by atoms with Crippen LogP contribution in [0.25, 0.3) is 11.1 Å². The molecule has 0 unspecified atom stereocenters. The Labute approximate surface area is 177 Å². The second kappa shape index (κ2) is 8.55. The molecule has 1 amide bonds. The van der Waals surface area contributed by atoms with Crippen LogP contribution in [0.3, 0.4) is 0 Å². The maximum absolute atomic E-state index is 12.2. The van der Waals surface area contributed by atoms with Gasteiger partial charge in [0.25, 0.3) is 5.91 Å². The Morgan fingerprint density at radius 1 is 1.03 bits per heavy atom. The molecule has 0 spiro atoms. The van der Waals surface area contributed by atoms with E-state index in [1.165, 1.54) is 0 Å². The van der Waals surface area contributed by atoms with Gasteiger partial charge in [-0.15, -0.1) is 0 Å². The number of benzene rings is 3. The average molecular weight is 427 g/mol. The van der Waals surface area contributed by atoms with Crippen molar-refractivity contribution in [3.05, 3.63) is 88.2 Å². The number of para-hydroxylation sites is 1. The van der Waals surface area contributed by atoms with Crippen molar-refractivity contribution in [1.29, 1.82) is 0 Å². The number of nitrogens with zero attached hydrogens (tertiary/aromatic N) is 1. The first-order chi connectivity index (χ1) is 14.1. The summed E-state index contributed by atoms with van der Waals surface area (Å²) in [5, 5.41) is 3.93. The zero-order valence-electron chi connectivity index (χ0n) is 15.2. The van der Waals surface area contributed by atoms with Crippen molar-refractivity contribution in [2.24, 2.45) is 0 Å². The molecule has 0 saturated carbocycles. The van der Waals surface area contributed by atoms with E-state index in [0.29, 0.717) is 44.9 Å². The zero-order valence-corrected chi connectivity index (χ0v) is 16.7. The lowest BCUT2D eigenvalue weighted by atomic mass is 10.1. The fourth-order valence-electron chi connectivity index (χ4n) is 2.81. The highest BCUT2D eigenvalue weighted by Crippen LogP contribution is 2.24. The van der Waals surface area contributed by atoms with Gasteiger partial charge in [-0.3, -0.25) is 4.79 Å². The Morgan fingerprint density at radius 2 is 1.83 bits per heavy atom. The van der Waals surface area contributed by atoms with Gasteiger partial charge in [-0.25, -0.2) is 4.98 Å². The molecule has 0 atom stereocenters. The van der Waals surface area contributed by atoms with Crippen molar-refractivity contribution in [2.45, 2.75) is 6.42 Å². The number of oxazole rings is 1.